The minimum atomic E-state index is -3.43. The molecule has 0 fully saturated rings. The van der Waals surface area contributed by atoms with Gasteiger partial charge in [-0.2, -0.15) is 0 Å². The van der Waals surface area contributed by atoms with Crippen LogP contribution in [0.3, 0.4) is 0 Å². The molecule has 0 spiro atoms. The quantitative estimate of drug-likeness (QED) is 0.345. The van der Waals surface area contributed by atoms with E-state index in [0.717, 1.165) is 6.54 Å². The van der Waals surface area contributed by atoms with Gasteiger partial charge in [0, 0.05) is 0 Å². The molecule has 3 aromatic rings. The second-order valence-electron chi connectivity index (χ2n) is 6.52. The number of fused-ring (bicyclic) bond motifs is 2. The normalized spacial score (nSPS) is 15.5. The van der Waals surface area contributed by atoms with Crippen LogP contribution in [-0.2, 0) is 9.84 Å². The van der Waals surface area contributed by atoms with Crippen LogP contribution in [0.4, 0.5) is 0 Å². The zero-order chi connectivity index (χ0) is 17.8. The van der Waals surface area contributed by atoms with Crippen molar-refractivity contribution in [3.8, 4) is 0 Å². The van der Waals surface area contributed by atoms with Gasteiger partial charge in [0.05, 0.1) is 0 Å². The van der Waals surface area contributed by atoms with E-state index >= 15 is 0 Å². The van der Waals surface area contributed by atoms with Crippen molar-refractivity contribution >= 4 is 41.4 Å². The van der Waals surface area contributed by atoms with Gasteiger partial charge in [-0.3, -0.25) is 0 Å². The average Bonchev–Trinajstić information content (AvgIpc) is 2.57. The Kier molecular flexibility index (Phi) is 4.09. The number of rotatable bonds is 1. The first-order valence-corrected chi connectivity index (χ1v) is 14.9. The summed E-state index contributed by atoms with van der Waals surface area (Å²) < 4.78 is 29.8. The van der Waals surface area contributed by atoms with Crippen LogP contribution >= 0.6 is 0 Å². The molecule has 1 aliphatic heterocycles. The number of hydrogen-bond donors (Lipinski definition) is 0. The molecule has 1 aliphatic rings. The first kappa shape index (κ1) is 16.9. The zero-order valence-corrected chi connectivity index (χ0v) is 18.7. The van der Waals surface area contributed by atoms with Crippen LogP contribution < -0.4 is 9.81 Å². The van der Waals surface area contributed by atoms with Gasteiger partial charge >= 0.3 is 158 Å². The fourth-order valence-electron chi connectivity index (χ4n) is 3.75. The van der Waals surface area contributed by atoms with E-state index in [-0.39, 0.29) is 0 Å². The van der Waals surface area contributed by atoms with E-state index in [1.165, 1.54) is 20.0 Å². The van der Waals surface area contributed by atoms with Crippen molar-refractivity contribution in [1.82, 2.24) is 0 Å². The molecule has 0 amide bonds. The van der Waals surface area contributed by atoms with Gasteiger partial charge in [-0.05, 0) is 0 Å². The summed E-state index contributed by atoms with van der Waals surface area (Å²) in [5, 5.41) is 0. The van der Waals surface area contributed by atoms with Crippen molar-refractivity contribution in [2.45, 2.75) is 30.6 Å². The summed E-state index contributed by atoms with van der Waals surface area (Å²) in [4.78, 5) is 1.04. The fraction of sp³-hybridized carbons (Fsp3) is 0.143. The average molecular weight is 544 g/mol. The summed E-state index contributed by atoms with van der Waals surface area (Å²) in [6.45, 7) is 6.45. The van der Waals surface area contributed by atoms with Crippen LogP contribution in [0.1, 0.15) is 16.7 Å². The third-order valence-electron chi connectivity index (χ3n) is 4.65. The predicted molar refractivity (Wildman–Crippen MR) is 104 cm³/mol. The summed E-state index contributed by atoms with van der Waals surface area (Å²) in [6.07, 6.45) is 0. The van der Waals surface area contributed by atoms with Gasteiger partial charge in [0.2, 0.25) is 0 Å². The van der Waals surface area contributed by atoms with Crippen LogP contribution in [0, 0.1) is 20.8 Å². The van der Waals surface area contributed by atoms with Crippen LogP contribution in [-0.4, -0.2) is 30.2 Å². The van der Waals surface area contributed by atoms with Gasteiger partial charge in [-0.25, -0.2) is 0 Å². The Balaban J connectivity index is 2.12. The Labute approximate surface area is 157 Å². The number of benzene rings is 3. The zero-order valence-electron chi connectivity index (χ0n) is 14.4. The minimum absolute atomic E-state index is 0.519. The second-order valence-corrected chi connectivity index (χ2v) is 16.5. The summed E-state index contributed by atoms with van der Waals surface area (Å²) in [5.74, 6) is 0. The SMILES string of the molecule is Cc1cc(C)[c]([Bi]2[c]3ccccc3S(=O)(=O)c3cccc[c]32)c(C)c1. The molecule has 0 N–H and O–H groups in total. The maximum atomic E-state index is 13.1. The van der Waals surface area contributed by atoms with E-state index in [4.69, 9.17) is 0 Å². The molecule has 0 aromatic heterocycles. The summed E-state index contributed by atoms with van der Waals surface area (Å²) in [6, 6.07) is 19.7. The van der Waals surface area contributed by atoms with E-state index in [1.54, 1.807) is 12.1 Å². The van der Waals surface area contributed by atoms with E-state index < -0.39 is 31.6 Å². The summed E-state index contributed by atoms with van der Waals surface area (Å²) in [7, 11) is -3.43. The third-order valence-corrected chi connectivity index (χ3v) is 19.0. The Hall–Kier alpha value is -1.51. The van der Waals surface area contributed by atoms with Gasteiger partial charge in [-0.1, -0.05) is 0 Å². The Morgan fingerprint density at radius 1 is 0.720 bits per heavy atom. The van der Waals surface area contributed by atoms with Crippen molar-refractivity contribution in [3.05, 3.63) is 77.4 Å². The van der Waals surface area contributed by atoms with Gasteiger partial charge in [0.15, 0.2) is 0 Å². The second kappa shape index (κ2) is 6.04. The fourth-order valence-corrected chi connectivity index (χ4v) is 19.8. The molecular weight excluding hydrogens is 525 g/mol. The molecule has 25 heavy (non-hydrogen) atoms. The molecule has 0 unspecified atom stereocenters. The molecule has 2 nitrogen and oxygen atoms in total. The number of sulfone groups is 1. The van der Waals surface area contributed by atoms with Crippen LogP contribution in [0.5, 0.6) is 0 Å². The number of hydrogen-bond acceptors (Lipinski definition) is 2. The molecule has 4 heteroatoms. The number of aryl methyl sites for hydroxylation is 3. The van der Waals surface area contributed by atoms with E-state index in [0.29, 0.717) is 9.79 Å². The van der Waals surface area contributed by atoms with E-state index in [9.17, 15) is 8.42 Å². The van der Waals surface area contributed by atoms with Crippen molar-refractivity contribution in [2.24, 2.45) is 0 Å². The Bertz CT molecular complexity index is 1020. The first-order chi connectivity index (χ1) is 11.9. The Morgan fingerprint density at radius 3 is 1.64 bits per heavy atom. The van der Waals surface area contributed by atoms with Crippen molar-refractivity contribution in [2.75, 3.05) is 0 Å². The van der Waals surface area contributed by atoms with Gasteiger partial charge in [0.25, 0.3) is 0 Å². The first-order valence-electron chi connectivity index (χ1n) is 8.22. The van der Waals surface area contributed by atoms with Gasteiger partial charge in [-0.15, -0.1) is 0 Å². The van der Waals surface area contributed by atoms with Gasteiger partial charge < -0.3 is 0 Å². The maximum absolute atomic E-state index is 13.1. The molecule has 0 atom stereocenters. The molecule has 3 aromatic carbocycles. The molecular formula is C21H19BiO2S. The van der Waals surface area contributed by atoms with Crippen molar-refractivity contribution in [3.63, 3.8) is 0 Å². The molecule has 0 radical (unpaired) electrons. The molecule has 0 saturated carbocycles. The van der Waals surface area contributed by atoms with Crippen molar-refractivity contribution in [1.29, 1.82) is 0 Å². The standard InChI is InChI=1S/C12H8O2S.C9H11.Bi/c13-15(14,11-7-3-1-4-8-11)12-9-5-2-6-10-12;1-7-4-8(2)6-9(3)5-7;/h1-7,9H;4-5H,1-3H3;. The molecule has 0 saturated heterocycles. The Morgan fingerprint density at radius 2 is 1.16 bits per heavy atom. The molecule has 0 bridgehead atoms. The topological polar surface area (TPSA) is 34.1 Å². The van der Waals surface area contributed by atoms with E-state index in [1.807, 2.05) is 36.4 Å². The van der Waals surface area contributed by atoms with Crippen LogP contribution in [0.25, 0.3) is 0 Å². The predicted octanol–water partition coefficient (Wildman–Crippen LogP) is 2.27. The third kappa shape index (κ3) is 2.58. The van der Waals surface area contributed by atoms with Crippen molar-refractivity contribution < 1.29 is 8.42 Å². The summed E-state index contributed by atoms with van der Waals surface area (Å²) >= 11 is -2.67. The molecule has 0 aliphatic carbocycles. The molecule has 1 heterocycles. The molecule has 4 rings (SSSR count). The van der Waals surface area contributed by atoms with Crippen LogP contribution in [0.15, 0.2) is 70.5 Å². The van der Waals surface area contributed by atoms with Gasteiger partial charge in [0.1, 0.15) is 0 Å². The molecule has 126 valence electrons. The summed E-state index contributed by atoms with van der Waals surface area (Å²) in [5.41, 5.74) is 3.84. The van der Waals surface area contributed by atoms with E-state index in [2.05, 4.69) is 32.9 Å². The monoisotopic (exact) mass is 544 g/mol. The van der Waals surface area contributed by atoms with Crippen LogP contribution in [0.2, 0.25) is 0 Å².